The van der Waals surface area contributed by atoms with Gasteiger partial charge < -0.3 is 9.32 Å². The van der Waals surface area contributed by atoms with Crippen molar-refractivity contribution in [1.82, 2.24) is 4.98 Å². The second-order valence-electron chi connectivity index (χ2n) is 12.4. The van der Waals surface area contributed by atoms with Gasteiger partial charge in [0.1, 0.15) is 5.52 Å². The Hall–Kier alpha value is -6.71. The van der Waals surface area contributed by atoms with Crippen LogP contribution in [0, 0.1) is 0 Å². The molecule has 236 valence electrons. The van der Waals surface area contributed by atoms with Gasteiger partial charge in [-0.1, -0.05) is 140 Å². The van der Waals surface area contributed by atoms with Crippen molar-refractivity contribution in [3.8, 4) is 44.8 Å². The van der Waals surface area contributed by atoms with E-state index in [-0.39, 0.29) is 0 Å². The molecule has 0 saturated heterocycles. The predicted octanol–water partition coefficient (Wildman–Crippen LogP) is 13.1. The highest BCUT2D eigenvalue weighted by Gasteiger charge is 2.17. The van der Waals surface area contributed by atoms with Gasteiger partial charge in [-0.05, 0) is 93.4 Å². The van der Waals surface area contributed by atoms with Crippen LogP contribution in [-0.4, -0.2) is 4.98 Å². The molecule has 0 fully saturated rings. The van der Waals surface area contributed by atoms with Crippen LogP contribution in [-0.2, 0) is 0 Å². The van der Waals surface area contributed by atoms with Crippen molar-refractivity contribution < 1.29 is 4.42 Å². The van der Waals surface area contributed by atoms with Gasteiger partial charge in [0, 0.05) is 28.0 Å². The Bertz CT molecular complexity index is 2560. The molecular formula is C47H32N2O. The van der Waals surface area contributed by atoms with Crippen LogP contribution >= 0.6 is 0 Å². The molecule has 0 saturated carbocycles. The number of hydrogen-bond acceptors (Lipinski definition) is 3. The van der Waals surface area contributed by atoms with Crippen molar-refractivity contribution in [3.05, 3.63) is 194 Å². The summed E-state index contributed by atoms with van der Waals surface area (Å²) in [4.78, 5) is 7.26. The van der Waals surface area contributed by atoms with E-state index in [9.17, 15) is 0 Å². The highest BCUT2D eigenvalue weighted by molar-refractivity contribution is 6.11. The lowest BCUT2D eigenvalue weighted by Gasteiger charge is -2.26. The number of anilines is 3. The van der Waals surface area contributed by atoms with Gasteiger partial charge in [-0.25, -0.2) is 4.98 Å². The van der Waals surface area contributed by atoms with Crippen molar-refractivity contribution >= 4 is 38.9 Å². The SMILES string of the molecule is c1ccc(-c2ccc(N(c3ccc(-c4cc5oc(-c6ccccc6)nc5c5ccccc45)cc3)c3cccc(-c4ccccc4)c3)cc2)cc1. The van der Waals surface area contributed by atoms with Crippen LogP contribution in [0.1, 0.15) is 0 Å². The molecule has 0 spiro atoms. The van der Waals surface area contributed by atoms with Crippen molar-refractivity contribution in [2.24, 2.45) is 0 Å². The fraction of sp³-hybridized carbons (Fsp3) is 0. The molecule has 0 atom stereocenters. The van der Waals surface area contributed by atoms with Crippen molar-refractivity contribution in [3.63, 3.8) is 0 Å². The summed E-state index contributed by atoms with van der Waals surface area (Å²) in [7, 11) is 0. The van der Waals surface area contributed by atoms with E-state index in [1.807, 2.05) is 30.3 Å². The lowest BCUT2D eigenvalue weighted by molar-refractivity contribution is 0.620. The first-order valence-electron chi connectivity index (χ1n) is 16.9. The van der Waals surface area contributed by atoms with Gasteiger partial charge in [0.15, 0.2) is 5.58 Å². The molecule has 1 heterocycles. The van der Waals surface area contributed by atoms with Crippen molar-refractivity contribution in [2.45, 2.75) is 0 Å². The first-order valence-corrected chi connectivity index (χ1v) is 16.9. The van der Waals surface area contributed by atoms with Crippen molar-refractivity contribution in [1.29, 1.82) is 0 Å². The summed E-state index contributed by atoms with van der Waals surface area (Å²) in [6, 6.07) is 68.2. The van der Waals surface area contributed by atoms with E-state index in [2.05, 4.69) is 169 Å². The Labute approximate surface area is 291 Å². The number of aromatic nitrogens is 1. The van der Waals surface area contributed by atoms with Crippen LogP contribution in [0.15, 0.2) is 199 Å². The summed E-state index contributed by atoms with van der Waals surface area (Å²) >= 11 is 0. The van der Waals surface area contributed by atoms with Gasteiger partial charge in [0.05, 0.1) is 0 Å². The standard InChI is InChI=1S/C47H32N2O/c1-4-13-33(14-5-1)35-23-27-39(28-24-35)49(41-20-12-19-38(31-41)34-15-6-2-7-16-34)40-29-25-36(26-30-40)44-32-45-46(43-22-11-10-21-42(43)44)48-47(50-45)37-17-8-3-9-18-37/h1-32H. The molecule has 9 aromatic rings. The van der Waals surface area contributed by atoms with Crippen LogP contribution in [0.3, 0.4) is 0 Å². The van der Waals surface area contributed by atoms with E-state index in [0.717, 1.165) is 55.6 Å². The second-order valence-corrected chi connectivity index (χ2v) is 12.4. The van der Waals surface area contributed by atoms with Crippen LogP contribution in [0.2, 0.25) is 0 Å². The Morgan fingerprint density at radius 2 is 0.860 bits per heavy atom. The molecule has 0 aliphatic heterocycles. The molecule has 50 heavy (non-hydrogen) atoms. The molecule has 0 radical (unpaired) electrons. The van der Waals surface area contributed by atoms with E-state index in [0.29, 0.717) is 5.89 Å². The zero-order valence-electron chi connectivity index (χ0n) is 27.3. The third kappa shape index (κ3) is 5.51. The lowest BCUT2D eigenvalue weighted by atomic mass is 9.97. The molecule has 1 aromatic heterocycles. The number of fused-ring (bicyclic) bond motifs is 3. The molecule has 9 rings (SSSR count). The molecule has 0 aliphatic rings. The fourth-order valence-electron chi connectivity index (χ4n) is 6.83. The fourth-order valence-corrected chi connectivity index (χ4v) is 6.83. The van der Waals surface area contributed by atoms with E-state index >= 15 is 0 Å². The number of rotatable bonds is 7. The quantitative estimate of drug-likeness (QED) is 0.174. The van der Waals surface area contributed by atoms with Gasteiger partial charge in [-0.15, -0.1) is 0 Å². The zero-order chi connectivity index (χ0) is 33.3. The highest BCUT2D eigenvalue weighted by atomic mass is 16.3. The third-order valence-corrected chi connectivity index (χ3v) is 9.30. The summed E-state index contributed by atoms with van der Waals surface area (Å²) in [6.07, 6.45) is 0. The van der Waals surface area contributed by atoms with Crippen molar-refractivity contribution in [2.75, 3.05) is 4.90 Å². The predicted molar refractivity (Wildman–Crippen MR) is 208 cm³/mol. The first-order chi connectivity index (χ1) is 24.8. The first kappa shape index (κ1) is 29.4. The lowest BCUT2D eigenvalue weighted by Crippen LogP contribution is -2.10. The molecule has 0 amide bonds. The number of oxazole rings is 1. The maximum atomic E-state index is 6.37. The molecular weight excluding hydrogens is 609 g/mol. The van der Waals surface area contributed by atoms with Crippen LogP contribution in [0.5, 0.6) is 0 Å². The maximum Gasteiger partial charge on any atom is 0.227 e. The average molecular weight is 641 g/mol. The minimum absolute atomic E-state index is 0.630. The van der Waals surface area contributed by atoms with Gasteiger partial charge in [0.25, 0.3) is 0 Å². The van der Waals surface area contributed by atoms with E-state index < -0.39 is 0 Å². The van der Waals surface area contributed by atoms with E-state index in [1.54, 1.807) is 0 Å². The Morgan fingerprint density at radius 3 is 1.50 bits per heavy atom. The van der Waals surface area contributed by atoms with Crippen LogP contribution in [0.4, 0.5) is 17.1 Å². The largest absolute Gasteiger partial charge is 0.436 e. The van der Waals surface area contributed by atoms with Gasteiger partial charge in [-0.2, -0.15) is 0 Å². The number of hydrogen-bond donors (Lipinski definition) is 0. The normalized spacial score (nSPS) is 11.2. The summed E-state index contributed by atoms with van der Waals surface area (Å²) in [5, 5.41) is 2.22. The smallest absolute Gasteiger partial charge is 0.227 e. The van der Waals surface area contributed by atoms with Gasteiger partial charge in [0.2, 0.25) is 5.89 Å². The number of benzene rings is 8. The third-order valence-electron chi connectivity index (χ3n) is 9.30. The molecule has 0 bridgehead atoms. The van der Waals surface area contributed by atoms with E-state index in [4.69, 9.17) is 9.40 Å². The summed E-state index contributed by atoms with van der Waals surface area (Å²) in [5.41, 5.74) is 12.8. The van der Waals surface area contributed by atoms with Crippen LogP contribution < -0.4 is 4.90 Å². The number of nitrogens with zero attached hydrogens (tertiary/aromatic N) is 2. The summed E-state index contributed by atoms with van der Waals surface area (Å²) in [5.74, 6) is 0.630. The minimum atomic E-state index is 0.630. The highest BCUT2D eigenvalue weighted by Crippen LogP contribution is 2.40. The summed E-state index contributed by atoms with van der Waals surface area (Å²) < 4.78 is 6.37. The second kappa shape index (κ2) is 12.7. The topological polar surface area (TPSA) is 29.3 Å². The minimum Gasteiger partial charge on any atom is -0.436 e. The van der Waals surface area contributed by atoms with Gasteiger partial charge in [-0.3, -0.25) is 0 Å². The Morgan fingerprint density at radius 1 is 0.360 bits per heavy atom. The molecule has 0 aliphatic carbocycles. The molecule has 3 heteroatoms. The average Bonchev–Trinajstić information content (AvgIpc) is 3.64. The molecule has 0 N–H and O–H groups in total. The monoisotopic (exact) mass is 640 g/mol. The maximum absolute atomic E-state index is 6.37. The Balaban J connectivity index is 1.14. The van der Waals surface area contributed by atoms with Crippen LogP contribution in [0.25, 0.3) is 66.7 Å². The van der Waals surface area contributed by atoms with Gasteiger partial charge >= 0.3 is 0 Å². The molecule has 3 nitrogen and oxygen atoms in total. The Kier molecular flexibility index (Phi) is 7.49. The summed E-state index contributed by atoms with van der Waals surface area (Å²) in [6.45, 7) is 0. The zero-order valence-corrected chi connectivity index (χ0v) is 27.3. The van der Waals surface area contributed by atoms with E-state index in [1.165, 1.54) is 22.3 Å². The molecule has 8 aromatic carbocycles. The molecule has 0 unspecified atom stereocenters.